The summed E-state index contributed by atoms with van der Waals surface area (Å²) < 4.78 is 0. The van der Waals surface area contributed by atoms with Crippen LogP contribution in [0.1, 0.15) is 34.5 Å². The van der Waals surface area contributed by atoms with Gasteiger partial charge in [-0.15, -0.1) is 0 Å². The first-order valence-corrected chi connectivity index (χ1v) is 8.27. The number of nitrogens with one attached hydrogen (secondary N) is 1. The van der Waals surface area contributed by atoms with Crippen molar-refractivity contribution in [1.82, 2.24) is 15.3 Å². The van der Waals surface area contributed by atoms with Crippen molar-refractivity contribution in [3.05, 3.63) is 70.8 Å². The third-order valence-electron chi connectivity index (χ3n) is 4.57. The van der Waals surface area contributed by atoms with Crippen LogP contribution >= 0.6 is 11.6 Å². The molecule has 120 valence electrons. The van der Waals surface area contributed by atoms with Crippen LogP contribution in [0.2, 0.25) is 5.28 Å². The summed E-state index contributed by atoms with van der Waals surface area (Å²) >= 11 is 5.84. The number of hydrogen-bond donors (Lipinski definition) is 1. The van der Waals surface area contributed by atoms with E-state index < -0.39 is 0 Å². The monoisotopic (exact) mass is 337 g/mol. The first-order valence-electron chi connectivity index (χ1n) is 7.89. The summed E-state index contributed by atoms with van der Waals surface area (Å²) in [4.78, 5) is 20.7. The molecule has 1 heterocycles. The highest BCUT2D eigenvalue weighted by Gasteiger charge is 2.46. The molecule has 3 aromatic rings. The van der Waals surface area contributed by atoms with E-state index in [4.69, 9.17) is 11.6 Å². The minimum absolute atomic E-state index is 0.0840. The van der Waals surface area contributed by atoms with Gasteiger partial charge >= 0.3 is 0 Å². The van der Waals surface area contributed by atoms with Crippen molar-refractivity contribution in [2.45, 2.75) is 25.3 Å². The fourth-order valence-electron chi connectivity index (χ4n) is 3.16. The van der Waals surface area contributed by atoms with E-state index in [1.54, 1.807) is 6.20 Å². The van der Waals surface area contributed by atoms with Gasteiger partial charge in [0.05, 0.1) is 5.54 Å². The fourth-order valence-corrected chi connectivity index (χ4v) is 3.29. The van der Waals surface area contributed by atoms with Crippen molar-refractivity contribution in [1.29, 1.82) is 0 Å². The van der Waals surface area contributed by atoms with Gasteiger partial charge in [0.1, 0.15) is 5.69 Å². The number of aryl methyl sites for hydroxylation is 1. The Morgan fingerprint density at radius 3 is 2.71 bits per heavy atom. The highest BCUT2D eigenvalue weighted by molar-refractivity contribution is 6.28. The lowest BCUT2D eigenvalue weighted by Crippen LogP contribution is -2.36. The van der Waals surface area contributed by atoms with Gasteiger partial charge in [0, 0.05) is 6.20 Å². The molecule has 2 aromatic carbocycles. The second-order valence-corrected chi connectivity index (χ2v) is 6.57. The summed E-state index contributed by atoms with van der Waals surface area (Å²) in [6, 6.07) is 14.5. The summed E-state index contributed by atoms with van der Waals surface area (Å²) in [5.41, 5.74) is 1.89. The van der Waals surface area contributed by atoms with Crippen molar-refractivity contribution in [3.8, 4) is 0 Å². The number of carbonyl (C=O) groups excluding carboxylic acids is 1. The summed E-state index contributed by atoms with van der Waals surface area (Å²) in [7, 11) is 0. The third kappa shape index (κ3) is 2.53. The number of fused-ring (bicyclic) bond motifs is 1. The highest BCUT2D eigenvalue weighted by atomic mass is 35.5. The van der Waals surface area contributed by atoms with Gasteiger partial charge in [-0.2, -0.15) is 0 Å². The van der Waals surface area contributed by atoms with Crippen molar-refractivity contribution in [2.24, 2.45) is 0 Å². The van der Waals surface area contributed by atoms with Gasteiger partial charge in [0.15, 0.2) is 0 Å². The Bertz CT molecular complexity index is 945. The first-order chi connectivity index (χ1) is 11.6. The molecule has 0 bridgehead atoms. The van der Waals surface area contributed by atoms with Crippen LogP contribution in [-0.4, -0.2) is 15.9 Å². The molecule has 1 fully saturated rings. The van der Waals surface area contributed by atoms with Gasteiger partial charge in [-0.05, 0) is 53.3 Å². The topological polar surface area (TPSA) is 54.9 Å². The van der Waals surface area contributed by atoms with Gasteiger partial charge in [0.2, 0.25) is 5.28 Å². The molecule has 0 saturated heterocycles. The van der Waals surface area contributed by atoms with Crippen LogP contribution in [0.4, 0.5) is 0 Å². The zero-order valence-electron chi connectivity index (χ0n) is 13.2. The Morgan fingerprint density at radius 1 is 1.17 bits per heavy atom. The van der Waals surface area contributed by atoms with Gasteiger partial charge < -0.3 is 5.32 Å². The van der Waals surface area contributed by atoms with E-state index in [1.807, 2.05) is 25.1 Å². The van der Waals surface area contributed by atoms with Crippen LogP contribution in [0.5, 0.6) is 0 Å². The second-order valence-electron chi connectivity index (χ2n) is 6.23. The average Bonchev–Trinajstić information content (AvgIpc) is 3.37. The van der Waals surface area contributed by atoms with E-state index in [1.165, 1.54) is 10.8 Å². The lowest BCUT2D eigenvalue weighted by atomic mass is 9.96. The Hall–Kier alpha value is -2.46. The molecule has 1 amide bonds. The second kappa shape index (κ2) is 5.56. The maximum absolute atomic E-state index is 12.7. The number of carbonyl (C=O) groups is 1. The Kier molecular flexibility index (Phi) is 3.50. The molecule has 0 radical (unpaired) electrons. The molecule has 1 aliphatic carbocycles. The van der Waals surface area contributed by atoms with E-state index in [9.17, 15) is 4.79 Å². The number of aromatic nitrogens is 2. The minimum atomic E-state index is -0.318. The fraction of sp³-hybridized carbons (Fsp3) is 0.211. The Morgan fingerprint density at radius 2 is 1.92 bits per heavy atom. The molecule has 1 N–H and O–H groups in total. The van der Waals surface area contributed by atoms with E-state index in [-0.39, 0.29) is 16.7 Å². The van der Waals surface area contributed by atoms with Crippen LogP contribution in [0.25, 0.3) is 10.8 Å². The third-order valence-corrected chi connectivity index (χ3v) is 4.75. The summed E-state index contributed by atoms with van der Waals surface area (Å²) in [6.07, 6.45) is 3.41. The molecule has 0 unspecified atom stereocenters. The zero-order valence-corrected chi connectivity index (χ0v) is 14.0. The van der Waals surface area contributed by atoms with Gasteiger partial charge in [-0.3, -0.25) is 4.79 Å². The van der Waals surface area contributed by atoms with E-state index in [0.29, 0.717) is 11.3 Å². The zero-order chi connectivity index (χ0) is 16.7. The van der Waals surface area contributed by atoms with Crippen LogP contribution in [0.15, 0.2) is 48.7 Å². The van der Waals surface area contributed by atoms with Gasteiger partial charge in [-0.1, -0.05) is 42.5 Å². The Labute approximate surface area is 144 Å². The maximum atomic E-state index is 12.7. The molecule has 24 heavy (non-hydrogen) atoms. The number of hydrogen-bond acceptors (Lipinski definition) is 3. The van der Waals surface area contributed by atoms with Crippen LogP contribution < -0.4 is 5.32 Å². The smallest absolute Gasteiger partial charge is 0.271 e. The summed E-state index contributed by atoms with van der Waals surface area (Å²) in [6.45, 7) is 1.81. The normalized spacial score (nSPS) is 15.2. The van der Waals surface area contributed by atoms with Gasteiger partial charge in [-0.25, -0.2) is 9.97 Å². The molecule has 1 aromatic heterocycles. The predicted octanol–water partition coefficient (Wildman–Crippen LogP) is 4.01. The highest BCUT2D eigenvalue weighted by Crippen LogP contribution is 2.48. The summed E-state index contributed by atoms with van der Waals surface area (Å²) in [5, 5.41) is 5.61. The molecule has 0 aliphatic heterocycles. The molecule has 0 atom stereocenters. The SMILES string of the molecule is Cc1cnc(Cl)nc1C(=O)NC1(c2cccc3ccccc23)CC1. The van der Waals surface area contributed by atoms with E-state index in [2.05, 4.69) is 39.6 Å². The molecule has 4 rings (SSSR count). The largest absolute Gasteiger partial charge is 0.341 e. The molecular weight excluding hydrogens is 322 g/mol. The van der Waals surface area contributed by atoms with Gasteiger partial charge in [0.25, 0.3) is 5.91 Å². The molecule has 1 aliphatic rings. The van der Waals surface area contributed by atoms with Crippen LogP contribution in [0.3, 0.4) is 0 Å². The lowest BCUT2D eigenvalue weighted by molar-refractivity contribution is 0.0925. The molecule has 0 spiro atoms. The molecule has 4 nitrogen and oxygen atoms in total. The Balaban J connectivity index is 1.71. The van der Waals surface area contributed by atoms with Crippen LogP contribution in [-0.2, 0) is 5.54 Å². The standard InChI is InChI=1S/C19H16ClN3O/c1-12-11-21-18(20)22-16(12)17(24)23-19(9-10-19)15-8-4-6-13-5-2-3-7-14(13)15/h2-8,11H,9-10H2,1H3,(H,23,24). The number of halogens is 1. The average molecular weight is 338 g/mol. The molecule has 1 saturated carbocycles. The van der Waals surface area contributed by atoms with Crippen molar-refractivity contribution >= 4 is 28.3 Å². The van der Waals surface area contributed by atoms with Crippen molar-refractivity contribution < 1.29 is 4.79 Å². The predicted molar refractivity (Wildman–Crippen MR) is 94.1 cm³/mol. The minimum Gasteiger partial charge on any atom is -0.341 e. The van der Waals surface area contributed by atoms with Crippen molar-refractivity contribution in [2.75, 3.05) is 0 Å². The number of amides is 1. The quantitative estimate of drug-likeness (QED) is 0.735. The number of nitrogens with zero attached hydrogens (tertiary/aromatic N) is 2. The van der Waals surface area contributed by atoms with Crippen LogP contribution in [0, 0.1) is 6.92 Å². The van der Waals surface area contributed by atoms with Crippen molar-refractivity contribution in [3.63, 3.8) is 0 Å². The first kappa shape index (κ1) is 15.1. The van der Waals surface area contributed by atoms with E-state index >= 15 is 0 Å². The number of rotatable bonds is 3. The van der Waals surface area contributed by atoms with E-state index in [0.717, 1.165) is 18.4 Å². The molecule has 5 heteroatoms. The maximum Gasteiger partial charge on any atom is 0.271 e. The summed E-state index contributed by atoms with van der Waals surface area (Å²) in [5.74, 6) is -0.206. The number of benzene rings is 2. The lowest BCUT2D eigenvalue weighted by Gasteiger charge is -2.20. The molecular formula is C19H16ClN3O.